The molecule has 0 atom stereocenters. The summed E-state index contributed by atoms with van der Waals surface area (Å²) in [5, 5.41) is 2.91. The van der Waals surface area contributed by atoms with E-state index in [1.54, 1.807) is 0 Å². The molecule has 1 aromatic carbocycles. The van der Waals surface area contributed by atoms with Crippen LogP contribution >= 0.6 is 0 Å². The van der Waals surface area contributed by atoms with Gasteiger partial charge in [0.2, 0.25) is 0 Å². The van der Waals surface area contributed by atoms with Gasteiger partial charge in [0.1, 0.15) is 0 Å². The molecule has 0 aliphatic rings. The summed E-state index contributed by atoms with van der Waals surface area (Å²) in [5.41, 5.74) is 3.51. The Hall–Kier alpha value is -2.40. The van der Waals surface area contributed by atoms with E-state index in [0.717, 1.165) is 23.1 Å². The molecule has 3 rings (SSSR count). The van der Waals surface area contributed by atoms with Crippen LogP contribution in [0.15, 0.2) is 42.7 Å². The van der Waals surface area contributed by atoms with Gasteiger partial charge in [-0.1, -0.05) is 0 Å². The van der Waals surface area contributed by atoms with Crippen molar-refractivity contribution in [3.63, 3.8) is 0 Å². The van der Waals surface area contributed by atoms with Crippen molar-refractivity contribution in [3.8, 4) is 0 Å². The van der Waals surface area contributed by atoms with Crippen molar-refractivity contribution in [3.05, 3.63) is 48.3 Å². The van der Waals surface area contributed by atoms with Crippen LogP contribution in [0.3, 0.4) is 0 Å². The zero-order valence-corrected chi connectivity index (χ0v) is 12.2. The van der Waals surface area contributed by atoms with Crippen molar-refractivity contribution >= 4 is 22.5 Å². The molecule has 2 heterocycles. The first-order valence-corrected chi connectivity index (χ1v) is 6.94. The van der Waals surface area contributed by atoms with Gasteiger partial charge in [-0.15, -0.1) is 0 Å². The first-order chi connectivity index (χ1) is 10.1. The number of hydrogen-bond donors (Lipinski definition) is 1. The van der Waals surface area contributed by atoms with Crippen molar-refractivity contribution < 1.29 is 4.79 Å². The topological polar surface area (TPSA) is 49.6 Å². The Morgan fingerprint density at radius 2 is 2.19 bits per heavy atom. The number of likely N-dealkylation sites (N-methyl/N-ethyl adjacent to an activating group) is 1. The van der Waals surface area contributed by atoms with Gasteiger partial charge in [0.05, 0.1) is 22.7 Å². The Morgan fingerprint density at radius 3 is 3.00 bits per heavy atom. The predicted molar refractivity (Wildman–Crippen MR) is 83.6 cm³/mol. The number of fused-ring (bicyclic) bond motifs is 3. The lowest BCUT2D eigenvalue weighted by Gasteiger charge is -2.10. The molecule has 108 valence electrons. The molecular formula is C16H18N4O. The van der Waals surface area contributed by atoms with Gasteiger partial charge in [-0.05, 0) is 44.4 Å². The maximum atomic E-state index is 12.1. The number of nitrogens with zero attached hydrogens (tertiary/aromatic N) is 3. The highest BCUT2D eigenvalue weighted by atomic mass is 16.1. The van der Waals surface area contributed by atoms with Crippen LogP contribution in [0.25, 0.3) is 16.6 Å². The lowest BCUT2D eigenvalue weighted by molar-refractivity contribution is 0.0951. The molecule has 1 amide bonds. The molecule has 21 heavy (non-hydrogen) atoms. The van der Waals surface area contributed by atoms with Crippen LogP contribution in [-0.4, -0.2) is 47.4 Å². The van der Waals surface area contributed by atoms with Crippen molar-refractivity contribution in [2.75, 3.05) is 27.2 Å². The zero-order valence-electron chi connectivity index (χ0n) is 12.2. The fraction of sp³-hybridized carbons (Fsp3) is 0.250. The molecule has 0 bridgehead atoms. The summed E-state index contributed by atoms with van der Waals surface area (Å²) in [7, 11) is 3.96. The second kappa shape index (κ2) is 5.54. The third kappa shape index (κ3) is 2.73. The minimum absolute atomic E-state index is 0.0619. The summed E-state index contributed by atoms with van der Waals surface area (Å²) in [6, 6.07) is 9.61. The van der Waals surface area contributed by atoms with Crippen LogP contribution < -0.4 is 5.32 Å². The normalized spacial score (nSPS) is 11.4. The number of hydrogen-bond acceptors (Lipinski definition) is 3. The third-order valence-electron chi connectivity index (χ3n) is 3.46. The highest BCUT2D eigenvalue weighted by Crippen LogP contribution is 2.16. The summed E-state index contributed by atoms with van der Waals surface area (Å²) >= 11 is 0. The van der Waals surface area contributed by atoms with E-state index >= 15 is 0 Å². The molecule has 0 spiro atoms. The average Bonchev–Trinajstić information content (AvgIpc) is 2.94. The van der Waals surface area contributed by atoms with Crippen molar-refractivity contribution in [1.29, 1.82) is 0 Å². The second-order valence-corrected chi connectivity index (χ2v) is 5.32. The minimum Gasteiger partial charge on any atom is -0.351 e. The maximum absolute atomic E-state index is 12.1. The lowest BCUT2D eigenvalue weighted by Crippen LogP contribution is -2.31. The first-order valence-electron chi connectivity index (χ1n) is 6.94. The number of carbonyl (C=O) groups is 1. The van der Waals surface area contributed by atoms with Gasteiger partial charge in [0.25, 0.3) is 5.91 Å². The molecule has 5 heteroatoms. The van der Waals surface area contributed by atoms with Crippen LogP contribution in [0, 0.1) is 0 Å². The fourth-order valence-corrected chi connectivity index (χ4v) is 2.32. The number of benzene rings is 1. The summed E-state index contributed by atoms with van der Waals surface area (Å²) in [6.07, 6.45) is 3.81. The SMILES string of the molecule is CN(C)CCNC(=O)c1ccc2c(c1)ncc1cccn12. The Balaban J connectivity index is 1.87. The standard InChI is InChI=1S/C16H18N4O/c1-19(2)9-7-17-16(21)12-5-6-15-14(10-12)18-11-13-4-3-8-20(13)15/h3-6,8,10-11H,7,9H2,1-2H3,(H,17,21). The molecule has 3 aromatic rings. The Bertz CT molecular complexity index is 791. The molecule has 0 radical (unpaired) electrons. The number of carbonyl (C=O) groups excluding carboxylic acids is 1. The van der Waals surface area contributed by atoms with Gasteiger partial charge in [0, 0.05) is 24.8 Å². The molecule has 1 N–H and O–H groups in total. The first kappa shape index (κ1) is 13.6. The molecular weight excluding hydrogens is 264 g/mol. The van der Waals surface area contributed by atoms with Crippen molar-refractivity contribution in [2.45, 2.75) is 0 Å². The van der Waals surface area contributed by atoms with E-state index in [2.05, 4.69) is 14.7 Å². The number of amides is 1. The molecule has 0 aliphatic carbocycles. The summed E-state index contributed by atoms with van der Waals surface area (Å²) in [4.78, 5) is 18.6. The Kier molecular flexibility index (Phi) is 3.58. The fourth-order valence-electron chi connectivity index (χ4n) is 2.32. The molecule has 0 saturated heterocycles. The van der Waals surface area contributed by atoms with E-state index in [-0.39, 0.29) is 5.91 Å². The van der Waals surface area contributed by atoms with Crippen LogP contribution in [0.5, 0.6) is 0 Å². The van der Waals surface area contributed by atoms with Crippen LogP contribution in [0.1, 0.15) is 10.4 Å². The molecule has 0 unspecified atom stereocenters. The Labute approximate surface area is 123 Å². The van der Waals surface area contributed by atoms with Gasteiger partial charge >= 0.3 is 0 Å². The van der Waals surface area contributed by atoms with Crippen LogP contribution in [0.4, 0.5) is 0 Å². The van der Waals surface area contributed by atoms with Crippen molar-refractivity contribution in [2.24, 2.45) is 0 Å². The number of aromatic nitrogens is 2. The van der Waals surface area contributed by atoms with Gasteiger partial charge in [-0.2, -0.15) is 0 Å². The number of rotatable bonds is 4. The van der Waals surface area contributed by atoms with E-state index in [1.165, 1.54) is 0 Å². The number of nitrogens with one attached hydrogen (secondary N) is 1. The monoisotopic (exact) mass is 282 g/mol. The molecule has 5 nitrogen and oxygen atoms in total. The van der Waals surface area contributed by atoms with Gasteiger partial charge in [-0.3, -0.25) is 9.78 Å². The second-order valence-electron chi connectivity index (χ2n) is 5.32. The molecule has 0 fully saturated rings. The molecule has 2 aromatic heterocycles. The predicted octanol–water partition coefficient (Wildman–Crippen LogP) is 1.78. The quantitative estimate of drug-likeness (QED) is 0.793. The largest absolute Gasteiger partial charge is 0.351 e. The van der Waals surface area contributed by atoms with Crippen LogP contribution in [-0.2, 0) is 0 Å². The smallest absolute Gasteiger partial charge is 0.251 e. The Morgan fingerprint density at radius 1 is 1.33 bits per heavy atom. The summed E-state index contributed by atoms with van der Waals surface area (Å²) in [6.45, 7) is 1.45. The third-order valence-corrected chi connectivity index (χ3v) is 3.46. The highest BCUT2D eigenvalue weighted by Gasteiger charge is 2.08. The van der Waals surface area contributed by atoms with E-state index in [0.29, 0.717) is 12.1 Å². The maximum Gasteiger partial charge on any atom is 0.251 e. The summed E-state index contributed by atoms with van der Waals surface area (Å²) < 4.78 is 2.07. The van der Waals surface area contributed by atoms with E-state index < -0.39 is 0 Å². The molecule has 0 aliphatic heterocycles. The minimum atomic E-state index is -0.0619. The average molecular weight is 282 g/mol. The van der Waals surface area contributed by atoms with Crippen LogP contribution in [0.2, 0.25) is 0 Å². The van der Waals surface area contributed by atoms with E-state index in [4.69, 9.17) is 0 Å². The van der Waals surface area contributed by atoms with E-state index in [1.807, 2.05) is 61.7 Å². The summed E-state index contributed by atoms with van der Waals surface area (Å²) in [5.74, 6) is -0.0619. The van der Waals surface area contributed by atoms with E-state index in [9.17, 15) is 4.79 Å². The van der Waals surface area contributed by atoms with Gasteiger partial charge < -0.3 is 14.6 Å². The zero-order chi connectivity index (χ0) is 14.8. The van der Waals surface area contributed by atoms with Gasteiger partial charge in [0.15, 0.2) is 0 Å². The lowest BCUT2D eigenvalue weighted by atomic mass is 10.1. The highest BCUT2D eigenvalue weighted by molar-refractivity contribution is 5.97. The molecule has 0 saturated carbocycles. The van der Waals surface area contributed by atoms with Gasteiger partial charge in [-0.25, -0.2) is 0 Å². The van der Waals surface area contributed by atoms with Crippen molar-refractivity contribution in [1.82, 2.24) is 19.6 Å².